The van der Waals surface area contributed by atoms with E-state index in [2.05, 4.69) is 61.6 Å². The Morgan fingerprint density at radius 1 is 1.05 bits per heavy atom. The summed E-state index contributed by atoms with van der Waals surface area (Å²) >= 11 is 0. The topological polar surface area (TPSA) is 95.2 Å². The number of hydrogen-bond donors (Lipinski definition) is 3. The monoisotopic (exact) mass is 501 g/mol. The Hall–Kier alpha value is -4.78. The number of aromatic nitrogens is 6. The molecule has 7 heteroatoms. The number of anilines is 1. The molecule has 190 valence electrons. The van der Waals surface area contributed by atoms with Gasteiger partial charge in [-0.1, -0.05) is 32.6 Å². The van der Waals surface area contributed by atoms with Crippen molar-refractivity contribution in [3.05, 3.63) is 96.3 Å². The molecule has 38 heavy (non-hydrogen) atoms. The van der Waals surface area contributed by atoms with Crippen molar-refractivity contribution >= 4 is 34.4 Å². The van der Waals surface area contributed by atoms with Crippen LogP contribution in [0.4, 0.5) is 5.69 Å². The second-order valence-corrected chi connectivity index (χ2v) is 9.19. The molecule has 0 saturated carbocycles. The van der Waals surface area contributed by atoms with Gasteiger partial charge in [0.15, 0.2) is 0 Å². The number of H-pyrrole nitrogens is 2. The second-order valence-electron chi connectivity index (χ2n) is 9.19. The van der Waals surface area contributed by atoms with Gasteiger partial charge in [0.25, 0.3) is 0 Å². The fourth-order valence-electron chi connectivity index (χ4n) is 4.47. The fourth-order valence-corrected chi connectivity index (χ4v) is 4.47. The van der Waals surface area contributed by atoms with Gasteiger partial charge in [0.2, 0.25) is 0 Å². The van der Waals surface area contributed by atoms with Crippen LogP contribution in [0, 0.1) is 0 Å². The highest BCUT2D eigenvalue weighted by atomic mass is 15.1. The normalized spacial score (nSPS) is 12.3. The summed E-state index contributed by atoms with van der Waals surface area (Å²) in [6, 6.07) is 10.2. The molecule has 7 nitrogen and oxygen atoms in total. The molecule has 5 aromatic rings. The highest BCUT2D eigenvalue weighted by Gasteiger charge is 2.13. The van der Waals surface area contributed by atoms with E-state index < -0.39 is 0 Å². The van der Waals surface area contributed by atoms with Crippen molar-refractivity contribution in [3.8, 4) is 22.5 Å². The van der Waals surface area contributed by atoms with Crippen molar-refractivity contribution in [2.75, 3.05) is 5.32 Å². The summed E-state index contributed by atoms with van der Waals surface area (Å²) in [4.78, 5) is 16.6. The van der Waals surface area contributed by atoms with Gasteiger partial charge < -0.3 is 10.3 Å². The molecule has 0 aromatic carbocycles. The van der Waals surface area contributed by atoms with Crippen LogP contribution in [0.2, 0.25) is 0 Å². The summed E-state index contributed by atoms with van der Waals surface area (Å²) in [5, 5.41) is 14.1. The third-order valence-corrected chi connectivity index (χ3v) is 6.48. The number of nitrogens with zero attached hydrogens (tertiary/aromatic N) is 4. The lowest BCUT2D eigenvalue weighted by atomic mass is 10.0. The maximum absolute atomic E-state index is 4.65. The molecule has 0 unspecified atom stereocenters. The van der Waals surface area contributed by atoms with Crippen molar-refractivity contribution in [1.29, 1.82) is 0 Å². The van der Waals surface area contributed by atoms with Gasteiger partial charge in [-0.3, -0.25) is 15.1 Å². The van der Waals surface area contributed by atoms with Crippen LogP contribution in [-0.4, -0.2) is 30.1 Å². The number of nitrogens with one attached hydrogen (secondary N) is 3. The highest BCUT2D eigenvalue weighted by molar-refractivity contribution is 5.96. The lowest BCUT2D eigenvalue weighted by molar-refractivity contribution is 0.791. The molecular formula is C31H31N7. The van der Waals surface area contributed by atoms with E-state index in [1.165, 1.54) is 0 Å². The molecule has 0 aliphatic rings. The molecule has 0 fully saturated rings. The van der Waals surface area contributed by atoms with Crippen molar-refractivity contribution in [1.82, 2.24) is 30.1 Å². The number of rotatable bonds is 9. The third kappa shape index (κ3) is 5.18. The Balaban J connectivity index is 1.52. The predicted octanol–water partition coefficient (Wildman–Crippen LogP) is 5.82. The van der Waals surface area contributed by atoms with E-state index in [9.17, 15) is 0 Å². The lowest BCUT2D eigenvalue weighted by Gasteiger charge is -2.10. The van der Waals surface area contributed by atoms with Gasteiger partial charge in [-0.05, 0) is 72.9 Å². The molecule has 0 bridgehead atoms. The van der Waals surface area contributed by atoms with Crippen LogP contribution < -0.4 is 15.9 Å². The quantitative estimate of drug-likeness (QED) is 0.237. The van der Waals surface area contributed by atoms with E-state index in [0.717, 1.165) is 85.9 Å². The number of unbranched alkanes of at least 4 members (excludes halogenated alkanes) is 1. The van der Waals surface area contributed by atoms with E-state index in [1.54, 1.807) is 18.6 Å². The molecule has 5 heterocycles. The number of hydrogen-bond acceptors (Lipinski definition) is 5. The van der Waals surface area contributed by atoms with Crippen LogP contribution in [0.3, 0.4) is 0 Å². The van der Waals surface area contributed by atoms with E-state index in [-0.39, 0.29) is 0 Å². The molecule has 0 atom stereocenters. The fraction of sp³-hybridized carbons (Fsp3) is 0.161. The third-order valence-electron chi connectivity index (χ3n) is 6.48. The first kappa shape index (κ1) is 24.9. The minimum absolute atomic E-state index is 0.799. The Morgan fingerprint density at radius 2 is 1.89 bits per heavy atom. The van der Waals surface area contributed by atoms with Crippen LogP contribution in [0.1, 0.15) is 38.7 Å². The molecule has 0 spiro atoms. The Kier molecular flexibility index (Phi) is 7.26. The maximum Gasteiger partial charge on any atom is 0.138 e. The Morgan fingerprint density at radius 3 is 2.68 bits per heavy atom. The smallest absolute Gasteiger partial charge is 0.138 e. The molecule has 0 amide bonds. The van der Waals surface area contributed by atoms with Gasteiger partial charge >= 0.3 is 0 Å². The average molecular weight is 502 g/mol. The average Bonchev–Trinajstić information content (AvgIpc) is 3.56. The maximum atomic E-state index is 4.65. The first-order valence-corrected chi connectivity index (χ1v) is 12.8. The summed E-state index contributed by atoms with van der Waals surface area (Å²) in [5.41, 5.74) is 8.28. The summed E-state index contributed by atoms with van der Waals surface area (Å²) < 4.78 is 0. The van der Waals surface area contributed by atoms with Crippen LogP contribution in [0.5, 0.6) is 0 Å². The van der Waals surface area contributed by atoms with Gasteiger partial charge in [-0.15, -0.1) is 0 Å². The number of allylic oxidation sites excluding steroid dienone is 2. The van der Waals surface area contributed by atoms with E-state index in [0.29, 0.717) is 0 Å². The van der Waals surface area contributed by atoms with Crippen LogP contribution in [-0.2, 0) is 0 Å². The summed E-state index contributed by atoms with van der Waals surface area (Å²) in [7, 11) is 0. The van der Waals surface area contributed by atoms with Crippen LogP contribution >= 0.6 is 0 Å². The zero-order valence-electron chi connectivity index (χ0n) is 21.8. The minimum Gasteiger partial charge on any atom is -0.358 e. The van der Waals surface area contributed by atoms with Crippen LogP contribution in [0.25, 0.3) is 51.3 Å². The molecule has 3 N–H and O–H groups in total. The number of pyridine rings is 3. The van der Waals surface area contributed by atoms with Crippen molar-refractivity contribution in [2.45, 2.75) is 33.1 Å². The van der Waals surface area contributed by atoms with Crippen molar-refractivity contribution in [3.63, 3.8) is 0 Å². The highest BCUT2D eigenvalue weighted by Crippen LogP contribution is 2.29. The molecule has 5 rings (SSSR count). The molecule has 0 aliphatic carbocycles. The Labute approximate surface area is 221 Å². The Bertz CT molecular complexity index is 1730. The van der Waals surface area contributed by atoms with Crippen LogP contribution in [0.15, 0.2) is 80.2 Å². The second kappa shape index (κ2) is 11.1. The first-order chi connectivity index (χ1) is 18.6. The largest absolute Gasteiger partial charge is 0.358 e. The minimum atomic E-state index is 0.799. The summed E-state index contributed by atoms with van der Waals surface area (Å²) in [6.07, 6.45) is 16.3. The SMILES string of the molecule is C=C(CCCC)Nc1cncc(C(=C)/C=c2/c(-c3cc4c(-c5ccncc5)ccnc4[nH]3)n[nH]/c2=C/C)c1. The zero-order chi connectivity index (χ0) is 26.5. The van der Waals surface area contributed by atoms with E-state index in [1.807, 2.05) is 55.7 Å². The van der Waals surface area contributed by atoms with Gasteiger partial charge in [0, 0.05) is 46.7 Å². The number of fused-ring (bicyclic) bond motifs is 1. The summed E-state index contributed by atoms with van der Waals surface area (Å²) in [6.45, 7) is 12.6. The van der Waals surface area contributed by atoms with Gasteiger partial charge in [-0.2, -0.15) is 5.10 Å². The van der Waals surface area contributed by atoms with Gasteiger partial charge in [0.05, 0.1) is 22.9 Å². The van der Waals surface area contributed by atoms with Gasteiger partial charge in [-0.25, -0.2) is 4.98 Å². The van der Waals surface area contributed by atoms with E-state index in [4.69, 9.17) is 0 Å². The molecule has 5 aromatic heterocycles. The first-order valence-electron chi connectivity index (χ1n) is 12.8. The standard InChI is InChI=1S/C31H31N7/c1-5-7-8-21(4)35-24-16-23(18-33-19-24)20(3)15-27-28(6-2)37-38-30(27)29-17-26-25(11-14-34-31(26)36-29)22-9-12-32-13-10-22/h6,9-19,35,37H,3-5,7-8H2,1-2H3,(H,34,36)/b27-15+,28-6+. The lowest BCUT2D eigenvalue weighted by Crippen LogP contribution is -2.23. The molecular weight excluding hydrogens is 470 g/mol. The molecule has 0 aliphatic heterocycles. The van der Waals surface area contributed by atoms with Crippen molar-refractivity contribution < 1.29 is 0 Å². The number of aromatic amines is 2. The zero-order valence-corrected chi connectivity index (χ0v) is 21.8. The molecule has 0 saturated heterocycles. The molecule has 0 radical (unpaired) electrons. The predicted molar refractivity (Wildman–Crippen MR) is 156 cm³/mol. The summed E-state index contributed by atoms with van der Waals surface area (Å²) in [5.74, 6) is 0. The van der Waals surface area contributed by atoms with Gasteiger partial charge in [0.1, 0.15) is 11.3 Å². The van der Waals surface area contributed by atoms with Crippen molar-refractivity contribution in [2.24, 2.45) is 0 Å². The van der Waals surface area contributed by atoms with E-state index >= 15 is 0 Å².